The molecule has 16 nitrogen and oxygen atoms in total. The van der Waals surface area contributed by atoms with Crippen molar-refractivity contribution in [2.75, 3.05) is 59.7 Å². The van der Waals surface area contributed by atoms with Gasteiger partial charge in [-0.15, -0.1) is 0 Å². The van der Waals surface area contributed by atoms with Crippen LogP contribution in [0.1, 0.15) is 117 Å². The molecule has 4 aliphatic rings. The minimum Gasteiger partial charge on any atom is -0.444 e. The average molecular weight is 975 g/mol. The van der Waals surface area contributed by atoms with Gasteiger partial charge < -0.3 is 39.7 Å². The van der Waals surface area contributed by atoms with Gasteiger partial charge in [0.15, 0.2) is 0 Å². The Hall–Kier alpha value is -6.60. The van der Waals surface area contributed by atoms with Crippen LogP contribution >= 0.6 is 0 Å². The highest BCUT2D eigenvalue weighted by Crippen LogP contribution is 2.52. The van der Waals surface area contributed by atoms with Crippen molar-refractivity contribution in [2.45, 2.75) is 129 Å². The zero-order chi connectivity index (χ0) is 51.2. The smallest absolute Gasteiger partial charge is 0.410 e. The van der Waals surface area contributed by atoms with Gasteiger partial charge in [-0.3, -0.25) is 9.59 Å². The molecule has 2 spiro atoms. The molecule has 4 aliphatic heterocycles. The lowest BCUT2D eigenvalue weighted by Gasteiger charge is -2.40. The molecular weight excluding hydrogens is 913 g/mol. The fourth-order valence-electron chi connectivity index (χ4n) is 9.38. The lowest BCUT2D eigenvalue weighted by Crippen LogP contribution is -2.48. The van der Waals surface area contributed by atoms with Crippen molar-refractivity contribution in [3.05, 3.63) is 83.4 Å². The minimum absolute atomic E-state index is 0.256. The molecule has 376 valence electrons. The molecule has 0 unspecified atom stereocenters. The number of hydrogen-bond donors (Lipinski definition) is 2. The molecule has 2 N–H and O–H groups in total. The normalized spacial score (nSPS) is 17.3. The predicted octanol–water partition coefficient (Wildman–Crippen LogP) is 9.93. The van der Waals surface area contributed by atoms with Crippen LogP contribution in [0.2, 0.25) is 0 Å². The second-order valence-electron chi connectivity index (χ2n) is 20.7. The molecule has 4 aromatic heterocycles. The topological polar surface area (TPSA) is 175 Å². The lowest BCUT2D eigenvalue weighted by molar-refractivity contribution is -0.115. The van der Waals surface area contributed by atoms with Crippen LogP contribution in [0.15, 0.2) is 60.9 Å². The second-order valence-corrected chi connectivity index (χ2v) is 20.7. The van der Waals surface area contributed by atoms with Crippen LogP contribution in [0.4, 0.5) is 61.8 Å². The number of nitrogens with zero attached hydrogens (tertiary/aromatic N) is 8. The third-order valence-electron chi connectivity index (χ3n) is 12.7. The van der Waals surface area contributed by atoms with Gasteiger partial charge >= 0.3 is 12.2 Å². The third kappa shape index (κ3) is 11.5. The number of piperidine rings is 2. The Morgan fingerprint density at radius 1 is 0.571 bits per heavy atom. The van der Waals surface area contributed by atoms with E-state index in [0.29, 0.717) is 88.2 Å². The van der Waals surface area contributed by atoms with Crippen molar-refractivity contribution >= 4 is 58.6 Å². The lowest BCUT2D eigenvalue weighted by atomic mass is 9.75. The van der Waals surface area contributed by atoms with Gasteiger partial charge in [-0.05, 0) is 91.5 Å². The monoisotopic (exact) mass is 974 g/mol. The standard InChI is InChI=1S/2C25H31F2N5O3/c2*1-16(33)29-20-13-18-17(14-28-20)25(9-11-31(12-10-25)22(34)35-23(2,3)4)15-32(18)21-8-6-7-19(30-21)24(5,26)27/h2*6-8,13-14H,9-12,15H2,1-5H3,(H,28,29,33). The number of ether oxygens (including phenoxy) is 2. The maximum absolute atomic E-state index is 14.0. The van der Waals surface area contributed by atoms with Crippen molar-refractivity contribution in [1.82, 2.24) is 29.7 Å². The molecule has 8 rings (SSSR count). The number of carbonyl (C=O) groups excluding carboxylic acids is 4. The van der Waals surface area contributed by atoms with Crippen molar-refractivity contribution < 1.29 is 46.2 Å². The highest BCUT2D eigenvalue weighted by Gasteiger charge is 2.49. The van der Waals surface area contributed by atoms with E-state index in [4.69, 9.17) is 9.47 Å². The largest absolute Gasteiger partial charge is 0.444 e. The number of amides is 4. The summed E-state index contributed by atoms with van der Waals surface area (Å²) in [5.74, 6) is -5.11. The van der Waals surface area contributed by atoms with E-state index in [1.165, 1.54) is 26.0 Å². The number of fused-ring (bicyclic) bond motifs is 4. The molecule has 8 heterocycles. The van der Waals surface area contributed by atoms with Gasteiger partial charge in [0.05, 0.1) is 11.4 Å². The summed E-state index contributed by atoms with van der Waals surface area (Å²) in [5, 5.41) is 5.38. The molecule has 2 saturated heterocycles. The van der Waals surface area contributed by atoms with Crippen LogP contribution in [-0.4, -0.2) is 104 Å². The molecular formula is C50H62F4N10O6. The first-order valence-electron chi connectivity index (χ1n) is 23.3. The number of nitrogens with one attached hydrogen (secondary N) is 2. The van der Waals surface area contributed by atoms with Crippen LogP contribution in [0.5, 0.6) is 0 Å². The Bertz CT molecular complexity index is 2450. The number of hydrogen-bond acceptors (Lipinski definition) is 12. The summed E-state index contributed by atoms with van der Waals surface area (Å²) in [6, 6.07) is 12.7. The summed E-state index contributed by atoms with van der Waals surface area (Å²) in [4.78, 5) is 73.0. The molecule has 2 fully saturated rings. The molecule has 4 aromatic rings. The van der Waals surface area contributed by atoms with E-state index in [2.05, 4.69) is 30.6 Å². The van der Waals surface area contributed by atoms with Gasteiger partial charge in [0.25, 0.3) is 11.8 Å². The molecule has 4 amide bonds. The first-order chi connectivity index (χ1) is 32.5. The Morgan fingerprint density at radius 3 is 1.21 bits per heavy atom. The SMILES string of the molecule is CC(=O)Nc1cc2c(cn1)C1(CCN(C(=O)OC(C)(C)C)CC1)CN2c1cccc(C(C)(F)F)n1.CC(=O)Nc1cc2c(cn1)C1(CCN(C(=O)OC(C)(C)C)CC1)CN2c1cccc(C(C)(F)F)n1. The molecule has 0 aromatic carbocycles. The van der Waals surface area contributed by atoms with Gasteiger partial charge in [-0.2, -0.15) is 17.6 Å². The molecule has 70 heavy (non-hydrogen) atoms. The van der Waals surface area contributed by atoms with E-state index in [9.17, 15) is 36.7 Å². The number of carbonyl (C=O) groups is 4. The molecule has 0 saturated carbocycles. The number of rotatable bonds is 6. The Morgan fingerprint density at radius 2 is 0.914 bits per heavy atom. The number of pyridine rings is 4. The Balaban J connectivity index is 0.000000206. The highest BCUT2D eigenvalue weighted by molar-refractivity contribution is 5.89. The third-order valence-corrected chi connectivity index (χ3v) is 12.7. The van der Waals surface area contributed by atoms with E-state index in [1.807, 2.05) is 51.3 Å². The Kier molecular flexibility index (Phi) is 13.9. The van der Waals surface area contributed by atoms with E-state index in [0.717, 1.165) is 36.3 Å². The van der Waals surface area contributed by atoms with E-state index in [1.54, 1.807) is 58.6 Å². The van der Waals surface area contributed by atoms with Gasteiger partial charge in [-0.1, -0.05) is 12.1 Å². The van der Waals surface area contributed by atoms with Gasteiger partial charge in [0.2, 0.25) is 11.8 Å². The van der Waals surface area contributed by atoms with E-state index >= 15 is 0 Å². The summed E-state index contributed by atoms with van der Waals surface area (Å²) in [6.07, 6.45) is 5.40. The number of anilines is 6. The number of aromatic nitrogens is 4. The van der Waals surface area contributed by atoms with Crippen LogP contribution in [0, 0.1) is 0 Å². The quantitative estimate of drug-likeness (QED) is 0.175. The summed E-state index contributed by atoms with van der Waals surface area (Å²) in [7, 11) is 0. The second kappa shape index (κ2) is 19.0. The van der Waals surface area contributed by atoms with E-state index in [-0.39, 0.29) is 46.2 Å². The van der Waals surface area contributed by atoms with Crippen molar-refractivity contribution in [1.29, 1.82) is 0 Å². The molecule has 0 atom stereocenters. The number of alkyl halides is 4. The fourth-order valence-corrected chi connectivity index (χ4v) is 9.38. The van der Waals surface area contributed by atoms with Gasteiger partial charge in [-0.25, -0.2) is 29.5 Å². The van der Waals surface area contributed by atoms with Gasteiger partial charge in [0, 0.05) is 113 Å². The van der Waals surface area contributed by atoms with Crippen LogP contribution in [0.25, 0.3) is 0 Å². The summed E-state index contributed by atoms with van der Waals surface area (Å²) < 4.78 is 67.1. The van der Waals surface area contributed by atoms with Crippen molar-refractivity contribution in [3.8, 4) is 0 Å². The first-order valence-corrected chi connectivity index (χ1v) is 23.3. The molecule has 0 bridgehead atoms. The maximum atomic E-state index is 14.0. The first kappa shape index (κ1) is 51.3. The molecule has 0 aliphatic carbocycles. The van der Waals surface area contributed by atoms with Crippen molar-refractivity contribution in [3.63, 3.8) is 0 Å². The van der Waals surface area contributed by atoms with Crippen LogP contribution < -0.4 is 20.4 Å². The highest BCUT2D eigenvalue weighted by atomic mass is 19.3. The van der Waals surface area contributed by atoms with E-state index < -0.39 is 23.0 Å². The predicted molar refractivity (Wildman–Crippen MR) is 256 cm³/mol. The molecule has 20 heteroatoms. The summed E-state index contributed by atoms with van der Waals surface area (Å²) in [5.41, 5.74) is 0.954. The molecule has 0 radical (unpaired) electrons. The summed E-state index contributed by atoms with van der Waals surface area (Å²) >= 11 is 0. The van der Waals surface area contributed by atoms with Crippen LogP contribution in [-0.2, 0) is 41.7 Å². The number of halogens is 4. The van der Waals surface area contributed by atoms with Gasteiger partial charge in [0.1, 0.15) is 45.9 Å². The van der Waals surface area contributed by atoms with Crippen molar-refractivity contribution in [2.24, 2.45) is 0 Å². The Labute approximate surface area is 405 Å². The zero-order valence-electron chi connectivity index (χ0n) is 41.4. The zero-order valence-corrected chi connectivity index (χ0v) is 41.4. The fraction of sp³-hybridized carbons (Fsp3) is 0.520. The van der Waals surface area contributed by atoms with Crippen LogP contribution in [0.3, 0.4) is 0 Å². The minimum atomic E-state index is -3.07. The summed E-state index contributed by atoms with van der Waals surface area (Å²) in [6.45, 7) is 18.4. The number of likely N-dealkylation sites (tertiary alicyclic amines) is 2. The maximum Gasteiger partial charge on any atom is 0.410 e. The average Bonchev–Trinajstić information content (AvgIpc) is 3.73.